The largest absolute Gasteiger partial charge is 0.462 e. The summed E-state index contributed by atoms with van der Waals surface area (Å²) in [6.45, 7) is 4.49. The first-order valence-electron chi connectivity index (χ1n) is 6.97. The van der Waals surface area contributed by atoms with Crippen molar-refractivity contribution in [2.75, 3.05) is 0 Å². The van der Waals surface area contributed by atoms with Crippen LogP contribution < -0.4 is 10.4 Å². The van der Waals surface area contributed by atoms with Crippen molar-refractivity contribution in [2.24, 2.45) is 0 Å². The average Bonchev–Trinajstić information content (AvgIpc) is 2.50. The van der Waals surface area contributed by atoms with Crippen molar-refractivity contribution in [1.29, 1.82) is 0 Å². The molecule has 20 heavy (non-hydrogen) atoms. The van der Waals surface area contributed by atoms with Crippen LogP contribution in [0.25, 0.3) is 0 Å². The highest BCUT2D eigenvalue weighted by atomic mass is 29.2. The Morgan fingerprint density at radius 1 is 0.900 bits per heavy atom. The molecule has 0 fully saturated rings. The van der Waals surface area contributed by atoms with Gasteiger partial charge in [0, 0.05) is 0 Å². The maximum Gasteiger partial charge on any atom is 0.252 e. The Bertz CT molecular complexity index is 480. The summed E-state index contributed by atoms with van der Waals surface area (Å²) in [5.41, 5.74) is 0. The normalized spacial score (nSPS) is 12.6. The van der Waals surface area contributed by atoms with E-state index in [9.17, 15) is 0 Å². The van der Waals surface area contributed by atoms with E-state index in [0.29, 0.717) is 0 Å². The first-order chi connectivity index (χ1) is 9.69. The van der Waals surface area contributed by atoms with Crippen LogP contribution in [0.4, 0.5) is 0 Å². The third-order valence-corrected chi connectivity index (χ3v) is 20.3. The Hall–Kier alpha value is -0.772. The summed E-state index contributed by atoms with van der Waals surface area (Å²) >= 11 is 0. The number of rotatable bonds is 6. The molecule has 0 radical (unpaired) electrons. The number of benzene rings is 2. The monoisotopic (exact) mass is 334 g/mol. The van der Waals surface area contributed by atoms with Crippen LogP contribution in [0.2, 0.25) is 13.1 Å². The fourth-order valence-corrected chi connectivity index (χ4v) is 17.7. The van der Waals surface area contributed by atoms with Crippen LogP contribution in [0, 0.1) is 0 Å². The molecule has 0 unspecified atom stereocenters. The second kappa shape index (κ2) is 7.30. The van der Waals surface area contributed by atoms with Crippen molar-refractivity contribution in [3.8, 4) is 0 Å². The SMILES string of the molecule is C[SiH](C)O[SiH2][Si](O[SiH3])(c1ccccc1)c1ccccc1. The first kappa shape index (κ1) is 15.6. The Morgan fingerprint density at radius 2 is 1.35 bits per heavy atom. The van der Waals surface area contributed by atoms with Crippen LogP contribution >= 0.6 is 0 Å². The maximum absolute atomic E-state index is 6.30. The lowest BCUT2D eigenvalue weighted by Gasteiger charge is -2.31. The zero-order valence-corrected chi connectivity index (χ0v) is 17.9. The molecule has 0 amide bonds. The van der Waals surface area contributed by atoms with Gasteiger partial charge in [-0.05, 0) is 23.5 Å². The predicted octanol–water partition coefficient (Wildman–Crippen LogP) is -0.376. The maximum atomic E-state index is 6.30. The Morgan fingerprint density at radius 3 is 1.70 bits per heavy atom. The van der Waals surface area contributed by atoms with Gasteiger partial charge in [-0.3, -0.25) is 0 Å². The first-order valence-corrected chi connectivity index (χ1v) is 15.4. The van der Waals surface area contributed by atoms with Gasteiger partial charge in [0.1, 0.15) is 10.5 Å². The summed E-state index contributed by atoms with van der Waals surface area (Å²) < 4.78 is 12.5. The van der Waals surface area contributed by atoms with Gasteiger partial charge in [-0.1, -0.05) is 60.7 Å². The Labute approximate surface area is 129 Å². The van der Waals surface area contributed by atoms with Crippen LogP contribution in [0.5, 0.6) is 0 Å². The molecule has 6 heteroatoms. The summed E-state index contributed by atoms with van der Waals surface area (Å²) in [5.74, 6) is 0. The molecule has 2 nitrogen and oxygen atoms in total. The Balaban J connectivity index is 2.46. The summed E-state index contributed by atoms with van der Waals surface area (Å²) in [6, 6.07) is 21.5. The third kappa shape index (κ3) is 3.46. The van der Waals surface area contributed by atoms with E-state index in [1.807, 2.05) is 0 Å². The van der Waals surface area contributed by atoms with Gasteiger partial charge in [-0.15, -0.1) is 0 Å². The molecule has 0 bridgehead atoms. The molecule has 0 aliphatic carbocycles. The van der Waals surface area contributed by atoms with E-state index < -0.39 is 26.2 Å². The topological polar surface area (TPSA) is 18.5 Å². The highest BCUT2D eigenvalue weighted by Crippen LogP contribution is 2.06. The van der Waals surface area contributed by atoms with Crippen molar-refractivity contribution < 1.29 is 8.23 Å². The van der Waals surface area contributed by atoms with Crippen molar-refractivity contribution >= 4 is 47.0 Å². The minimum Gasteiger partial charge on any atom is -0.462 e. The molecular formula is C14H22O2Si4. The minimum absolute atomic E-state index is 0.712. The van der Waals surface area contributed by atoms with Crippen molar-refractivity contribution in [3.63, 3.8) is 0 Å². The fourth-order valence-electron chi connectivity index (χ4n) is 2.33. The lowest BCUT2D eigenvalue weighted by atomic mass is 10.4. The van der Waals surface area contributed by atoms with Crippen molar-refractivity contribution in [2.45, 2.75) is 13.1 Å². The smallest absolute Gasteiger partial charge is 0.252 e. The molecule has 0 aromatic heterocycles. The van der Waals surface area contributed by atoms with Gasteiger partial charge in [0.2, 0.25) is 0 Å². The van der Waals surface area contributed by atoms with Crippen LogP contribution in [0.15, 0.2) is 60.7 Å². The second-order valence-electron chi connectivity index (χ2n) is 5.12. The van der Waals surface area contributed by atoms with Crippen LogP contribution in [0.3, 0.4) is 0 Å². The molecule has 2 aromatic rings. The zero-order chi connectivity index (χ0) is 14.4. The van der Waals surface area contributed by atoms with Gasteiger partial charge >= 0.3 is 0 Å². The van der Waals surface area contributed by atoms with Gasteiger partial charge in [0.25, 0.3) is 7.83 Å². The lowest BCUT2D eigenvalue weighted by molar-refractivity contribution is 0.604. The van der Waals surface area contributed by atoms with E-state index in [1.165, 1.54) is 10.4 Å². The van der Waals surface area contributed by atoms with Crippen molar-refractivity contribution in [1.82, 2.24) is 0 Å². The van der Waals surface area contributed by atoms with Gasteiger partial charge < -0.3 is 8.23 Å². The van der Waals surface area contributed by atoms with Gasteiger partial charge in [-0.2, -0.15) is 0 Å². The molecule has 0 aliphatic rings. The second-order valence-corrected chi connectivity index (χ2v) is 17.1. The van der Waals surface area contributed by atoms with Gasteiger partial charge in [0.15, 0.2) is 18.3 Å². The fraction of sp³-hybridized carbons (Fsp3) is 0.143. The Kier molecular flexibility index (Phi) is 5.70. The number of hydrogen-bond donors (Lipinski definition) is 0. The van der Waals surface area contributed by atoms with Gasteiger partial charge in [0.05, 0.1) is 0 Å². The molecule has 0 atom stereocenters. The number of hydrogen-bond acceptors (Lipinski definition) is 2. The van der Waals surface area contributed by atoms with E-state index in [2.05, 4.69) is 73.8 Å². The van der Waals surface area contributed by atoms with E-state index in [-0.39, 0.29) is 0 Å². The summed E-state index contributed by atoms with van der Waals surface area (Å²) in [7, 11) is -3.03. The molecule has 2 aromatic carbocycles. The van der Waals surface area contributed by atoms with Crippen LogP contribution in [-0.2, 0) is 8.23 Å². The van der Waals surface area contributed by atoms with E-state index in [1.54, 1.807) is 0 Å². The molecule has 0 saturated carbocycles. The molecule has 0 saturated heterocycles. The molecule has 0 aliphatic heterocycles. The summed E-state index contributed by atoms with van der Waals surface area (Å²) in [4.78, 5) is 0. The van der Waals surface area contributed by atoms with E-state index >= 15 is 0 Å². The highest BCUT2D eigenvalue weighted by Gasteiger charge is 2.39. The van der Waals surface area contributed by atoms with Crippen LogP contribution in [0.1, 0.15) is 0 Å². The predicted molar refractivity (Wildman–Crippen MR) is 97.4 cm³/mol. The molecule has 0 spiro atoms. The van der Waals surface area contributed by atoms with Gasteiger partial charge in [-0.25, -0.2) is 0 Å². The molecule has 106 valence electrons. The third-order valence-electron chi connectivity index (χ3n) is 3.45. The van der Waals surface area contributed by atoms with E-state index in [0.717, 1.165) is 10.5 Å². The summed E-state index contributed by atoms with van der Waals surface area (Å²) in [5, 5.41) is 2.73. The molecule has 2 rings (SSSR count). The molecular weight excluding hydrogens is 312 g/mol. The minimum atomic E-state index is -2.07. The summed E-state index contributed by atoms with van der Waals surface area (Å²) in [6.07, 6.45) is 0. The standard InChI is InChI=1S/C14H22O2Si4/c1-19(2)16-18-20(15-17,13-9-5-3-6-10-13)14-11-7-4-8-12-14/h3-12,19H,18H2,1-2,17H3. The molecule has 0 N–H and O–H groups in total. The lowest BCUT2D eigenvalue weighted by Crippen LogP contribution is -2.66. The quantitative estimate of drug-likeness (QED) is 0.671. The molecule has 0 heterocycles. The zero-order valence-electron chi connectivity index (χ0n) is 12.4. The van der Waals surface area contributed by atoms with Crippen LogP contribution in [-0.4, -0.2) is 36.6 Å². The average molecular weight is 335 g/mol. The van der Waals surface area contributed by atoms with Crippen molar-refractivity contribution in [3.05, 3.63) is 60.7 Å². The van der Waals surface area contributed by atoms with E-state index in [4.69, 9.17) is 8.23 Å². The highest BCUT2D eigenvalue weighted by molar-refractivity contribution is 7.33.